The SMILES string of the molecule is O=C(Nc1ccc(S(=O)(=O)N2CCCCCC2)cc1)C1CCN(S(=O)(=O)Cc2c(Cl)cccc2Cl)CC1. The molecular formula is C25H31Cl2N3O5S2. The molecule has 0 radical (unpaired) electrons. The third-order valence-corrected chi connectivity index (χ3v) is 11.4. The van der Waals surface area contributed by atoms with E-state index in [1.807, 2.05) is 0 Å². The molecule has 12 heteroatoms. The summed E-state index contributed by atoms with van der Waals surface area (Å²) in [5.74, 6) is -0.861. The van der Waals surface area contributed by atoms with Gasteiger partial charge in [-0.3, -0.25) is 4.79 Å². The van der Waals surface area contributed by atoms with Crippen LogP contribution in [-0.4, -0.2) is 57.5 Å². The van der Waals surface area contributed by atoms with Crippen molar-refractivity contribution in [3.05, 3.63) is 58.1 Å². The minimum atomic E-state index is -3.65. The number of halogens is 2. The summed E-state index contributed by atoms with van der Waals surface area (Å²) in [5, 5.41) is 3.44. The highest BCUT2D eigenvalue weighted by atomic mass is 35.5. The van der Waals surface area contributed by atoms with Gasteiger partial charge in [0.1, 0.15) is 0 Å². The van der Waals surface area contributed by atoms with E-state index < -0.39 is 20.0 Å². The van der Waals surface area contributed by atoms with E-state index >= 15 is 0 Å². The Bertz CT molecular complexity index is 1300. The van der Waals surface area contributed by atoms with Gasteiger partial charge in [-0.25, -0.2) is 21.1 Å². The Morgan fingerprint density at radius 2 is 1.38 bits per heavy atom. The van der Waals surface area contributed by atoms with Gasteiger partial charge in [0.15, 0.2) is 0 Å². The van der Waals surface area contributed by atoms with E-state index in [1.165, 1.54) is 20.7 Å². The van der Waals surface area contributed by atoms with E-state index in [2.05, 4.69) is 5.32 Å². The molecule has 1 amide bonds. The van der Waals surface area contributed by atoms with E-state index in [9.17, 15) is 21.6 Å². The Kier molecular flexibility index (Phi) is 9.19. The highest BCUT2D eigenvalue weighted by Crippen LogP contribution is 2.29. The summed E-state index contributed by atoms with van der Waals surface area (Å²) in [5.41, 5.74) is 0.871. The summed E-state index contributed by atoms with van der Waals surface area (Å²) in [4.78, 5) is 13.0. The number of benzene rings is 2. The van der Waals surface area contributed by atoms with Crippen molar-refractivity contribution < 1.29 is 21.6 Å². The summed E-state index contributed by atoms with van der Waals surface area (Å²) in [6.07, 6.45) is 4.56. The molecule has 202 valence electrons. The van der Waals surface area contributed by atoms with Crippen LogP contribution in [0.5, 0.6) is 0 Å². The average molecular weight is 589 g/mol. The average Bonchev–Trinajstić information content (AvgIpc) is 3.17. The van der Waals surface area contributed by atoms with Gasteiger partial charge in [0.2, 0.25) is 26.0 Å². The van der Waals surface area contributed by atoms with E-state index in [4.69, 9.17) is 23.2 Å². The van der Waals surface area contributed by atoms with Crippen LogP contribution in [0.3, 0.4) is 0 Å². The molecule has 1 N–H and O–H groups in total. The van der Waals surface area contributed by atoms with Crippen molar-refractivity contribution in [3.63, 3.8) is 0 Å². The van der Waals surface area contributed by atoms with Crippen molar-refractivity contribution in [3.8, 4) is 0 Å². The molecule has 0 spiro atoms. The Balaban J connectivity index is 1.32. The van der Waals surface area contributed by atoms with Gasteiger partial charge in [-0.05, 0) is 62.1 Å². The largest absolute Gasteiger partial charge is 0.326 e. The Morgan fingerprint density at radius 3 is 1.95 bits per heavy atom. The van der Waals surface area contributed by atoms with Crippen LogP contribution >= 0.6 is 23.2 Å². The molecule has 0 unspecified atom stereocenters. The third kappa shape index (κ3) is 6.85. The molecule has 2 aliphatic rings. The second-order valence-corrected chi connectivity index (χ2v) is 14.2. The number of carbonyl (C=O) groups is 1. The first-order valence-corrected chi connectivity index (χ1v) is 16.2. The maximum absolute atomic E-state index is 13.0. The number of nitrogens with zero attached hydrogens (tertiary/aromatic N) is 2. The standard InChI is InChI=1S/C25H31Cl2N3O5S2/c26-23-6-5-7-24(27)22(23)18-36(32,33)29-16-12-19(13-17-29)25(31)28-20-8-10-21(11-9-20)37(34,35)30-14-3-1-2-4-15-30/h5-11,19H,1-4,12-18H2,(H,28,31). The first kappa shape index (κ1) is 28.3. The highest BCUT2D eigenvalue weighted by Gasteiger charge is 2.32. The highest BCUT2D eigenvalue weighted by molar-refractivity contribution is 7.89. The molecule has 8 nitrogen and oxygen atoms in total. The first-order chi connectivity index (χ1) is 17.6. The second-order valence-electron chi connectivity index (χ2n) is 9.46. The van der Waals surface area contributed by atoms with Gasteiger partial charge in [0, 0.05) is 53.4 Å². The normalized spacial score (nSPS) is 18.9. The van der Waals surface area contributed by atoms with Crippen molar-refractivity contribution in [2.45, 2.75) is 49.2 Å². The monoisotopic (exact) mass is 587 g/mol. The Labute approximate surface area is 229 Å². The topological polar surface area (TPSA) is 104 Å². The van der Waals surface area contributed by atoms with Crippen molar-refractivity contribution in [2.24, 2.45) is 5.92 Å². The first-order valence-electron chi connectivity index (χ1n) is 12.4. The quantitative estimate of drug-likeness (QED) is 0.504. The van der Waals surface area contributed by atoms with E-state index in [-0.39, 0.29) is 35.6 Å². The van der Waals surface area contributed by atoms with Crippen LogP contribution in [0.15, 0.2) is 47.4 Å². The van der Waals surface area contributed by atoms with Gasteiger partial charge in [0.05, 0.1) is 10.6 Å². The molecule has 37 heavy (non-hydrogen) atoms. The molecule has 0 aromatic heterocycles. The maximum atomic E-state index is 13.0. The minimum absolute atomic E-state index is 0.213. The number of nitrogens with one attached hydrogen (secondary N) is 1. The molecule has 0 atom stereocenters. The number of amides is 1. The lowest BCUT2D eigenvalue weighted by Gasteiger charge is -2.30. The van der Waals surface area contributed by atoms with Crippen LogP contribution < -0.4 is 5.32 Å². The van der Waals surface area contributed by atoms with Crippen molar-refractivity contribution in [1.82, 2.24) is 8.61 Å². The van der Waals surface area contributed by atoms with Gasteiger partial charge in [-0.2, -0.15) is 4.31 Å². The number of sulfonamides is 2. The number of anilines is 1. The lowest BCUT2D eigenvalue weighted by Crippen LogP contribution is -2.42. The lowest BCUT2D eigenvalue weighted by molar-refractivity contribution is -0.120. The number of piperidine rings is 1. The molecule has 2 saturated heterocycles. The van der Waals surface area contributed by atoms with Crippen LogP contribution in [0.25, 0.3) is 0 Å². The fourth-order valence-corrected chi connectivity index (χ4v) is 8.56. The fourth-order valence-electron chi connectivity index (χ4n) is 4.73. The minimum Gasteiger partial charge on any atom is -0.326 e. The fraction of sp³-hybridized carbons (Fsp3) is 0.480. The second kappa shape index (κ2) is 12.0. The van der Waals surface area contributed by atoms with Gasteiger partial charge >= 0.3 is 0 Å². The molecule has 2 aromatic carbocycles. The van der Waals surface area contributed by atoms with Crippen LogP contribution in [0, 0.1) is 5.92 Å². The summed E-state index contributed by atoms with van der Waals surface area (Å²) in [6, 6.07) is 11.1. The molecule has 0 bridgehead atoms. The zero-order chi connectivity index (χ0) is 26.6. The molecule has 2 heterocycles. The summed E-state index contributed by atoms with van der Waals surface area (Å²) in [7, 11) is -7.21. The number of carbonyl (C=O) groups excluding carboxylic acids is 1. The molecule has 4 rings (SSSR count). The predicted octanol–water partition coefficient (Wildman–Crippen LogP) is 4.74. The van der Waals surface area contributed by atoms with E-state index in [1.54, 1.807) is 30.3 Å². The van der Waals surface area contributed by atoms with Crippen LogP contribution in [0.1, 0.15) is 44.1 Å². The molecule has 0 saturated carbocycles. The van der Waals surface area contributed by atoms with Crippen LogP contribution in [-0.2, 0) is 30.6 Å². The number of rotatable bonds is 7. The van der Waals surface area contributed by atoms with Gasteiger partial charge in [0.25, 0.3) is 0 Å². The van der Waals surface area contributed by atoms with Gasteiger partial charge < -0.3 is 5.32 Å². The molecule has 2 fully saturated rings. The summed E-state index contributed by atoms with van der Waals surface area (Å²) >= 11 is 12.3. The molecular weight excluding hydrogens is 557 g/mol. The van der Waals surface area contributed by atoms with E-state index in [0.717, 1.165) is 25.7 Å². The lowest BCUT2D eigenvalue weighted by atomic mass is 9.97. The van der Waals surface area contributed by atoms with E-state index in [0.29, 0.717) is 47.2 Å². The zero-order valence-corrected chi connectivity index (χ0v) is 23.5. The smallest absolute Gasteiger partial charge is 0.243 e. The Morgan fingerprint density at radius 1 is 0.811 bits per heavy atom. The molecule has 2 aromatic rings. The van der Waals surface area contributed by atoms with Crippen molar-refractivity contribution in [2.75, 3.05) is 31.5 Å². The van der Waals surface area contributed by atoms with Crippen molar-refractivity contribution in [1.29, 1.82) is 0 Å². The number of hydrogen-bond donors (Lipinski definition) is 1. The summed E-state index contributed by atoms with van der Waals surface area (Å²) < 4.78 is 54.7. The number of hydrogen-bond acceptors (Lipinski definition) is 5. The molecule has 2 aliphatic heterocycles. The van der Waals surface area contributed by atoms with Crippen LogP contribution in [0.2, 0.25) is 10.0 Å². The third-order valence-electron chi connectivity index (χ3n) is 6.93. The van der Waals surface area contributed by atoms with Crippen molar-refractivity contribution >= 4 is 54.8 Å². The zero-order valence-electron chi connectivity index (χ0n) is 20.4. The Hall–Kier alpha value is -1.69. The predicted molar refractivity (Wildman–Crippen MR) is 146 cm³/mol. The molecule has 0 aliphatic carbocycles. The van der Waals surface area contributed by atoms with Crippen LogP contribution in [0.4, 0.5) is 5.69 Å². The maximum Gasteiger partial charge on any atom is 0.243 e. The van der Waals surface area contributed by atoms with Gasteiger partial charge in [-0.1, -0.05) is 42.1 Å². The summed E-state index contributed by atoms with van der Waals surface area (Å²) in [6.45, 7) is 1.49. The van der Waals surface area contributed by atoms with Gasteiger partial charge in [-0.15, -0.1) is 0 Å².